The highest BCUT2D eigenvalue weighted by molar-refractivity contribution is 9.10. The molecule has 0 amide bonds. The van der Waals surface area contributed by atoms with E-state index in [1.807, 2.05) is 0 Å². The molecule has 0 atom stereocenters. The van der Waals surface area contributed by atoms with Crippen LogP contribution in [0.25, 0.3) is 5.69 Å². The van der Waals surface area contributed by atoms with Gasteiger partial charge in [0.05, 0.1) is 11.4 Å². The monoisotopic (exact) mass is 371 g/mol. The summed E-state index contributed by atoms with van der Waals surface area (Å²) in [5.74, 6) is -0.537. The van der Waals surface area contributed by atoms with Gasteiger partial charge in [0.15, 0.2) is 5.16 Å². The predicted molar refractivity (Wildman–Crippen MR) is 79.4 cm³/mol. The molecule has 8 heteroatoms. The Hall–Kier alpha value is -1.41. The number of carboxylic acids is 1. The van der Waals surface area contributed by atoms with E-state index >= 15 is 0 Å². The standard InChI is InChI=1S/C13H11BrFN3O2S/c14-8-2-1-3-9(15)11(8)18-12(7-4-5-7)16-17-13(18)21-6-10(19)20/h1-3,7H,4-6H2,(H,19,20). The molecule has 3 rings (SSSR count). The average molecular weight is 372 g/mol. The highest BCUT2D eigenvalue weighted by Gasteiger charge is 2.32. The molecule has 5 nitrogen and oxygen atoms in total. The quantitative estimate of drug-likeness (QED) is 0.817. The van der Waals surface area contributed by atoms with E-state index in [1.165, 1.54) is 6.07 Å². The van der Waals surface area contributed by atoms with Crippen LogP contribution in [0.5, 0.6) is 0 Å². The molecular weight excluding hydrogens is 361 g/mol. The average Bonchev–Trinajstić information content (AvgIpc) is 3.18. The third-order valence-corrected chi connectivity index (χ3v) is 4.64. The number of hydrogen-bond donors (Lipinski definition) is 1. The van der Waals surface area contributed by atoms with Gasteiger partial charge in [0.25, 0.3) is 0 Å². The Kier molecular flexibility index (Phi) is 3.99. The van der Waals surface area contributed by atoms with Crippen molar-refractivity contribution in [2.24, 2.45) is 0 Å². The third-order valence-electron chi connectivity index (χ3n) is 3.09. The molecule has 0 aliphatic heterocycles. The molecule has 1 heterocycles. The maximum absolute atomic E-state index is 14.2. The van der Waals surface area contributed by atoms with Crippen molar-refractivity contribution in [3.05, 3.63) is 34.3 Å². The number of nitrogens with zero attached hydrogens (tertiary/aromatic N) is 3. The third kappa shape index (κ3) is 2.96. The van der Waals surface area contributed by atoms with Crippen LogP contribution in [0.15, 0.2) is 27.8 Å². The molecule has 1 aliphatic carbocycles. The van der Waals surface area contributed by atoms with E-state index < -0.39 is 11.8 Å². The number of carbonyl (C=O) groups is 1. The summed E-state index contributed by atoms with van der Waals surface area (Å²) in [6.07, 6.45) is 1.99. The maximum atomic E-state index is 14.2. The van der Waals surface area contributed by atoms with Crippen LogP contribution in [0.1, 0.15) is 24.6 Å². The highest BCUT2D eigenvalue weighted by Crippen LogP contribution is 2.42. The van der Waals surface area contributed by atoms with Gasteiger partial charge in [-0.1, -0.05) is 17.8 Å². The number of halogens is 2. The van der Waals surface area contributed by atoms with Crippen molar-refractivity contribution in [1.82, 2.24) is 14.8 Å². The molecule has 0 spiro atoms. The van der Waals surface area contributed by atoms with Gasteiger partial charge in [0.1, 0.15) is 11.6 Å². The smallest absolute Gasteiger partial charge is 0.313 e. The second kappa shape index (κ2) is 5.76. The zero-order chi connectivity index (χ0) is 15.0. The van der Waals surface area contributed by atoms with Crippen molar-refractivity contribution in [2.75, 3.05) is 5.75 Å². The minimum absolute atomic E-state index is 0.144. The number of aliphatic carboxylic acids is 1. The Morgan fingerprint density at radius 1 is 1.48 bits per heavy atom. The van der Waals surface area contributed by atoms with Crippen molar-refractivity contribution in [1.29, 1.82) is 0 Å². The van der Waals surface area contributed by atoms with Crippen LogP contribution in [0.2, 0.25) is 0 Å². The summed E-state index contributed by atoms with van der Waals surface area (Å²) in [4.78, 5) is 10.7. The normalized spacial score (nSPS) is 14.4. The minimum atomic E-state index is -0.949. The van der Waals surface area contributed by atoms with Crippen LogP contribution in [-0.2, 0) is 4.79 Å². The van der Waals surface area contributed by atoms with Gasteiger partial charge in [0.2, 0.25) is 0 Å². The molecule has 21 heavy (non-hydrogen) atoms. The maximum Gasteiger partial charge on any atom is 0.313 e. The number of thioether (sulfide) groups is 1. The van der Waals surface area contributed by atoms with Crippen molar-refractivity contribution >= 4 is 33.7 Å². The zero-order valence-corrected chi connectivity index (χ0v) is 13.2. The summed E-state index contributed by atoms with van der Waals surface area (Å²) in [6.45, 7) is 0. The second-order valence-corrected chi connectivity index (χ2v) is 6.50. The first-order valence-corrected chi connectivity index (χ1v) is 8.10. The van der Waals surface area contributed by atoms with Crippen molar-refractivity contribution < 1.29 is 14.3 Å². The lowest BCUT2D eigenvalue weighted by Gasteiger charge is -2.12. The van der Waals surface area contributed by atoms with Gasteiger partial charge in [-0.15, -0.1) is 10.2 Å². The minimum Gasteiger partial charge on any atom is -0.481 e. The molecule has 1 aliphatic rings. The molecule has 2 aromatic rings. The van der Waals surface area contributed by atoms with Crippen LogP contribution < -0.4 is 0 Å². The number of para-hydroxylation sites is 1. The molecule has 1 fully saturated rings. The Labute approximate surface area is 132 Å². The van der Waals surface area contributed by atoms with Crippen LogP contribution in [0, 0.1) is 5.82 Å². The number of benzene rings is 1. The molecule has 0 saturated heterocycles. The van der Waals surface area contributed by atoms with Crippen LogP contribution in [0.3, 0.4) is 0 Å². The summed E-state index contributed by atoms with van der Waals surface area (Å²) in [7, 11) is 0. The van der Waals surface area contributed by atoms with Crippen LogP contribution in [0.4, 0.5) is 4.39 Å². The molecule has 1 aromatic carbocycles. The van der Waals surface area contributed by atoms with Gasteiger partial charge < -0.3 is 5.11 Å². The summed E-state index contributed by atoms with van der Waals surface area (Å²) >= 11 is 4.38. The van der Waals surface area contributed by atoms with Gasteiger partial charge in [0, 0.05) is 10.4 Å². The predicted octanol–water partition coefficient (Wildman–Crippen LogP) is 3.22. The number of carboxylic acid groups (broad SMARTS) is 1. The summed E-state index contributed by atoms with van der Waals surface area (Å²) in [6, 6.07) is 4.71. The molecule has 0 radical (unpaired) electrons. The summed E-state index contributed by atoms with van der Waals surface area (Å²) in [5, 5.41) is 17.4. The van der Waals surface area contributed by atoms with E-state index in [9.17, 15) is 9.18 Å². The van der Waals surface area contributed by atoms with E-state index in [0.717, 1.165) is 24.6 Å². The van der Waals surface area contributed by atoms with Crippen LogP contribution >= 0.6 is 27.7 Å². The molecule has 1 aromatic heterocycles. The first kappa shape index (κ1) is 14.5. The van der Waals surface area contributed by atoms with Gasteiger partial charge >= 0.3 is 5.97 Å². The van der Waals surface area contributed by atoms with Gasteiger partial charge in [-0.05, 0) is 40.9 Å². The fraction of sp³-hybridized carbons (Fsp3) is 0.308. The molecular formula is C13H11BrFN3O2S. The van der Waals surface area contributed by atoms with E-state index in [2.05, 4.69) is 26.1 Å². The topological polar surface area (TPSA) is 68.0 Å². The van der Waals surface area contributed by atoms with Crippen LogP contribution in [-0.4, -0.2) is 31.6 Å². The Balaban J connectivity index is 2.09. The lowest BCUT2D eigenvalue weighted by molar-refractivity contribution is -0.133. The number of aromatic nitrogens is 3. The van der Waals surface area contributed by atoms with E-state index in [4.69, 9.17) is 5.11 Å². The molecule has 0 bridgehead atoms. The Bertz CT molecular complexity index is 682. The zero-order valence-electron chi connectivity index (χ0n) is 10.8. The lowest BCUT2D eigenvalue weighted by Crippen LogP contribution is -2.07. The second-order valence-electron chi connectivity index (χ2n) is 4.70. The van der Waals surface area contributed by atoms with Gasteiger partial charge in [-0.25, -0.2) is 4.39 Å². The van der Waals surface area contributed by atoms with Crippen molar-refractivity contribution in [2.45, 2.75) is 23.9 Å². The fourth-order valence-corrected chi connectivity index (χ4v) is 3.20. The molecule has 1 saturated carbocycles. The molecule has 1 N–H and O–H groups in total. The SMILES string of the molecule is O=C(O)CSc1nnc(C2CC2)n1-c1c(F)cccc1Br. The fourth-order valence-electron chi connectivity index (χ4n) is 2.02. The summed E-state index contributed by atoms with van der Waals surface area (Å²) < 4.78 is 16.4. The number of rotatable bonds is 5. The first-order chi connectivity index (χ1) is 10.1. The van der Waals surface area contributed by atoms with E-state index in [-0.39, 0.29) is 11.7 Å². The number of hydrogen-bond acceptors (Lipinski definition) is 4. The van der Waals surface area contributed by atoms with Gasteiger partial charge in [-0.3, -0.25) is 9.36 Å². The van der Waals surface area contributed by atoms with Gasteiger partial charge in [-0.2, -0.15) is 0 Å². The van der Waals surface area contributed by atoms with E-state index in [1.54, 1.807) is 16.7 Å². The highest BCUT2D eigenvalue weighted by atomic mass is 79.9. The Morgan fingerprint density at radius 3 is 2.86 bits per heavy atom. The van der Waals surface area contributed by atoms with Crippen molar-refractivity contribution in [3.8, 4) is 5.69 Å². The summed E-state index contributed by atoms with van der Waals surface area (Å²) in [5.41, 5.74) is 0.331. The Morgan fingerprint density at radius 2 is 2.24 bits per heavy atom. The first-order valence-electron chi connectivity index (χ1n) is 6.32. The molecule has 110 valence electrons. The van der Waals surface area contributed by atoms with Crippen molar-refractivity contribution in [3.63, 3.8) is 0 Å². The lowest BCUT2D eigenvalue weighted by atomic mass is 10.3. The molecule has 0 unspecified atom stereocenters. The van der Waals surface area contributed by atoms with E-state index in [0.29, 0.717) is 21.1 Å². The largest absolute Gasteiger partial charge is 0.481 e.